The lowest BCUT2D eigenvalue weighted by atomic mass is 10.1. The van der Waals surface area contributed by atoms with Crippen LogP contribution in [-0.2, 0) is 9.59 Å². The number of benzene rings is 2. The van der Waals surface area contributed by atoms with E-state index in [1.165, 1.54) is 4.90 Å². The van der Waals surface area contributed by atoms with E-state index in [4.69, 9.17) is 0 Å². The number of carbonyl (C=O) groups is 2. The van der Waals surface area contributed by atoms with Gasteiger partial charge in [-0.2, -0.15) is 0 Å². The van der Waals surface area contributed by atoms with E-state index in [0.717, 1.165) is 15.9 Å². The molecular weight excluding hydrogens is 400 g/mol. The lowest BCUT2D eigenvalue weighted by Crippen LogP contribution is -2.37. The first kappa shape index (κ1) is 18.0. The zero-order valence-electron chi connectivity index (χ0n) is 13.7. The van der Waals surface area contributed by atoms with Crippen molar-refractivity contribution in [3.63, 3.8) is 0 Å². The number of para-hydroxylation sites is 1. The summed E-state index contributed by atoms with van der Waals surface area (Å²) in [5, 5.41) is 2.89. The van der Waals surface area contributed by atoms with Gasteiger partial charge in [0.05, 0.1) is 5.69 Å². The molecule has 2 aromatic rings. The highest BCUT2D eigenvalue weighted by Gasteiger charge is 2.37. The predicted octanol–water partition coefficient (Wildman–Crippen LogP) is 3.71. The molecule has 1 N–H and O–H groups in total. The zero-order chi connectivity index (χ0) is 17.6. The standard InChI is InChI=1S/C19H19BrN2O2S/c20-16-8-4-5-9-17(16)22-12-10-15(19(22)24)18(23)21-11-13-25-14-6-2-1-3-7-14/h1-9,15H,10-13H2,(H,21,23)/t15-/m1/s1. The topological polar surface area (TPSA) is 49.4 Å². The molecule has 0 bridgehead atoms. The normalized spacial score (nSPS) is 16.9. The minimum Gasteiger partial charge on any atom is -0.355 e. The second-order valence-corrected chi connectivity index (χ2v) is 7.76. The van der Waals surface area contributed by atoms with Gasteiger partial charge in [0.1, 0.15) is 5.92 Å². The molecule has 1 fully saturated rings. The molecule has 1 heterocycles. The van der Waals surface area contributed by atoms with E-state index in [0.29, 0.717) is 19.5 Å². The molecule has 4 nitrogen and oxygen atoms in total. The van der Waals surface area contributed by atoms with E-state index in [1.807, 2.05) is 54.6 Å². The van der Waals surface area contributed by atoms with Crippen LogP contribution >= 0.6 is 27.7 Å². The third-order valence-electron chi connectivity index (χ3n) is 4.08. The van der Waals surface area contributed by atoms with Crippen molar-refractivity contribution in [2.24, 2.45) is 5.92 Å². The summed E-state index contributed by atoms with van der Waals surface area (Å²) in [7, 11) is 0. The first-order valence-electron chi connectivity index (χ1n) is 8.18. The van der Waals surface area contributed by atoms with Crippen LogP contribution in [0.2, 0.25) is 0 Å². The van der Waals surface area contributed by atoms with Gasteiger partial charge in [0.15, 0.2) is 0 Å². The Kier molecular flexibility index (Phi) is 6.15. The zero-order valence-corrected chi connectivity index (χ0v) is 16.1. The Balaban J connectivity index is 1.50. The summed E-state index contributed by atoms with van der Waals surface area (Å²) < 4.78 is 0.865. The van der Waals surface area contributed by atoms with Crippen LogP contribution in [0.25, 0.3) is 0 Å². The molecule has 1 saturated heterocycles. The van der Waals surface area contributed by atoms with Crippen molar-refractivity contribution in [2.75, 3.05) is 23.7 Å². The lowest BCUT2D eigenvalue weighted by molar-refractivity contribution is -0.132. The van der Waals surface area contributed by atoms with Gasteiger partial charge in [-0.25, -0.2) is 0 Å². The number of hydrogen-bond donors (Lipinski definition) is 1. The average molecular weight is 419 g/mol. The molecule has 0 radical (unpaired) electrons. The summed E-state index contributed by atoms with van der Waals surface area (Å²) >= 11 is 5.16. The molecule has 0 spiro atoms. The van der Waals surface area contributed by atoms with Crippen LogP contribution in [0, 0.1) is 5.92 Å². The minimum atomic E-state index is -0.589. The minimum absolute atomic E-state index is 0.125. The first-order valence-corrected chi connectivity index (χ1v) is 9.96. The molecule has 6 heteroatoms. The van der Waals surface area contributed by atoms with E-state index in [1.54, 1.807) is 16.7 Å². The Morgan fingerprint density at radius 3 is 2.64 bits per heavy atom. The number of rotatable bonds is 6. The summed E-state index contributed by atoms with van der Waals surface area (Å²) in [4.78, 5) is 27.8. The molecule has 25 heavy (non-hydrogen) atoms. The number of anilines is 1. The molecular formula is C19H19BrN2O2S. The van der Waals surface area contributed by atoms with Crippen LogP contribution in [0.1, 0.15) is 6.42 Å². The Labute approximate surface area is 160 Å². The monoisotopic (exact) mass is 418 g/mol. The largest absolute Gasteiger partial charge is 0.355 e. The first-order chi connectivity index (χ1) is 12.2. The van der Waals surface area contributed by atoms with E-state index in [2.05, 4.69) is 21.2 Å². The highest BCUT2D eigenvalue weighted by molar-refractivity contribution is 9.10. The quantitative estimate of drug-likeness (QED) is 0.441. The van der Waals surface area contributed by atoms with Crippen molar-refractivity contribution in [1.29, 1.82) is 0 Å². The van der Waals surface area contributed by atoms with Crippen LogP contribution in [-0.4, -0.2) is 30.7 Å². The fourth-order valence-corrected chi connectivity index (χ4v) is 4.10. The van der Waals surface area contributed by atoms with Crippen LogP contribution in [0.3, 0.4) is 0 Å². The molecule has 0 unspecified atom stereocenters. The van der Waals surface area contributed by atoms with Crippen LogP contribution in [0.4, 0.5) is 5.69 Å². The van der Waals surface area contributed by atoms with Crippen LogP contribution in [0.5, 0.6) is 0 Å². The maximum atomic E-state index is 12.6. The summed E-state index contributed by atoms with van der Waals surface area (Å²) in [6, 6.07) is 17.6. The van der Waals surface area contributed by atoms with Gasteiger partial charge in [0.25, 0.3) is 0 Å². The van der Waals surface area contributed by atoms with Gasteiger partial charge < -0.3 is 10.2 Å². The Morgan fingerprint density at radius 1 is 1.16 bits per heavy atom. The van der Waals surface area contributed by atoms with E-state index >= 15 is 0 Å². The molecule has 1 aliphatic rings. The molecule has 1 aliphatic heterocycles. The number of nitrogens with one attached hydrogen (secondary N) is 1. The fourth-order valence-electron chi connectivity index (χ4n) is 2.82. The summed E-state index contributed by atoms with van der Waals surface area (Å²) in [6.45, 7) is 1.12. The van der Waals surface area contributed by atoms with Crippen LogP contribution < -0.4 is 10.2 Å². The number of halogens is 1. The number of amides is 2. The molecule has 1 atom stereocenters. The Morgan fingerprint density at radius 2 is 1.88 bits per heavy atom. The lowest BCUT2D eigenvalue weighted by Gasteiger charge is -2.18. The molecule has 0 saturated carbocycles. The van der Waals surface area contributed by atoms with Gasteiger partial charge >= 0.3 is 0 Å². The third-order valence-corrected chi connectivity index (χ3v) is 5.76. The third kappa shape index (κ3) is 4.44. The molecule has 3 rings (SSSR count). The smallest absolute Gasteiger partial charge is 0.239 e. The number of carbonyl (C=O) groups excluding carboxylic acids is 2. The molecule has 130 valence electrons. The van der Waals surface area contributed by atoms with Gasteiger partial charge in [-0.3, -0.25) is 9.59 Å². The fraction of sp³-hybridized carbons (Fsp3) is 0.263. The highest BCUT2D eigenvalue weighted by Crippen LogP contribution is 2.31. The van der Waals surface area contributed by atoms with E-state index < -0.39 is 5.92 Å². The van der Waals surface area contributed by atoms with Gasteiger partial charge in [-0.05, 0) is 46.6 Å². The van der Waals surface area contributed by atoms with Gasteiger partial charge in [-0.15, -0.1) is 11.8 Å². The van der Waals surface area contributed by atoms with Crippen molar-refractivity contribution >= 4 is 45.2 Å². The highest BCUT2D eigenvalue weighted by atomic mass is 79.9. The Bertz CT molecular complexity index is 754. The molecule has 0 aromatic heterocycles. The van der Waals surface area contributed by atoms with Crippen molar-refractivity contribution in [1.82, 2.24) is 5.32 Å². The molecule has 2 amide bonds. The Hall–Kier alpha value is -1.79. The summed E-state index contributed by atoms with van der Waals surface area (Å²) in [6.07, 6.45) is 0.553. The second kappa shape index (κ2) is 8.54. The maximum absolute atomic E-state index is 12.6. The van der Waals surface area contributed by atoms with Crippen molar-refractivity contribution < 1.29 is 9.59 Å². The molecule has 0 aliphatic carbocycles. The van der Waals surface area contributed by atoms with E-state index in [-0.39, 0.29) is 11.8 Å². The second-order valence-electron chi connectivity index (χ2n) is 5.74. The summed E-state index contributed by atoms with van der Waals surface area (Å²) in [5.41, 5.74) is 0.822. The molecule has 2 aromatic carbocycles. The van der Waals surface area contributed by atoms with E-state index in [9.17, 15) is 9.59 Å². The number of thioether (sulfide) groups is 1. The SMILES string of the molecule is O=C(NCCSc1ccccc1)[C@H]1CCN(c2ccccc2Br)C1=O. The number of hydrogen-bond acceptors (Lipinski definition) is 3. The average Bonchev–Trinajstić information content (AvgIpc) is 3.01. The van der Waals surface area contributed by atoms with Gasteiger partial charge in [0, 0.05) is 28.2 Å². The predicted molar refractivity (Wildman–Crippen MR) is 105 cm³/mol. The summed E-state index contributed by atoms with van der Waals surface area (Å²) in [5.74, 6) is -0.105. The van der Waals surface area contributed by atoms with Gasteiger partial charge in [-0.1, -0.05) is 30.3 Å². The van der Waals surface area contributed by atoms with Crippen LogP contribution in [0.15, 0.2) is 64.0 Å². The maximum Gasteiger partial charge on any atom is 0.239 e. The number of nitrogens with zero attached hydrogens (tertiary/aromatic N) is 1. The van der Waals surface area contributed by atoms with Gasteiger partial charge in [0.2, 0.25) is 11.8 Å². The van der Waals surface area contributed by atoms with Crippen molar-refractivity contribution in [3.8, 4) is 0 Å². The van der Waals surface area contributed by atoms with Crippen molar-refractivity contribution in [2.45, 2.75) is 11.3 Å². The van der Waals surface area contributed by atoms with Crippen molar-refractivity contribution in [3.05, 3.63) is 59.1 Å².